The summed E-state index contributed by atoms with van der Waals surface area (Å²) in [5.41, 5.74) is 2.84. The van der Waals surface area contributed by atoms with E-state index in [1.54, 1.807) is 18.0 Å². The van der Waals surface area contributed by atoms with Crippen LogP contribution in [0.3, 0.4) is 0 Å². The Labute approximate surface area is 129 Å². The molecule has 4 heteroatoms. The maximum atomic E-state index is 9.03. The van der Waals surface area contributed by atoms with Gasteiger partial charge in [0.15, 0.2) is 0 Å². The van der Waals surface area contributed by atoms with Gasteiger partial charge in [0.1, 0.15) is 11.8 Å². The third-order valence-corrected chi connectivity index (χ3v) is 4.55. The Morgan fingerprint density at radius 1 is 1.24 bits per heavy atom. The van der Waals surface area contributed by atoms with E-state index in [4.69, 9.17) is 5.26 Å². The summed E-state index contributed by atoms with van der Waals surface area (Å²) < 4.78 is 0. The first-order chi connectivity index (χ1) is 10.3. The molecule has 0 radical (unpaired) electrons. The van der Waals surface area contributed by atoms with Gasteiger partial charge in [0.25, 0.3) is 0 Å². The minimum atomic E-state index is 0.523. The van der Waals surface area contributed by atoms with Gasteiger partial charge in [0, 0.05) is 29.4 Å². The summed E-state index contributed by atoms with van der Waals surface area (Å²) in [5, 5.41) is 12.5. The van der Waals surface area contributed by atoms with E-state index in [0.717, 1.165) is 23.9 Å². The minimum Gasteiger partial charge on any atom is -0.310 e. The molecule has 1 fully saturated rings. The summed E-state index contributed by atoms with van der Waals surface area (Å²) in [5.74, 6) is 0.774. The van der Waals surface area contributed by atoms with Crippen molar-refractivity contribution in [3.63, 3.8) is 0 Å². The van der Waals surface area contributed by atoms with E-state index in [1.807, 2.05) is 12.1 Å². The van der Waals surface area contributed by atoms with Crippen molar-refractivity contribution in [2.45, 2.75) is 36.1 Å². The zero-order valence-corrected chi connectivity index (χ0v) is 12.6. The Bertz CT molecular complexity index is 642. The molecule has 0 spiro atoms. The normalized spacial score (nSPS) is 13.9. The summed E-state index contributed by atoms with van der Waals surface area (Å²) in [7, 11) is 0. The number of benzene rings is 1. The fraction of sp³-hybridized carbons (Fsp3) is 0.294. The molecule has 0 unspecified atom stereocenters. The summed E-state index contributed by atoms with van der Waals surface area (Å²) in [6, 6.07) is 15.4. The molecule has 1 N–H and O–H groups in total. The number of rotatable bonds is 6. The van der Waals surface area contributed by atoms with Crippen LogP contribution < -0.4 is 5.32 Å². The highest BCUT2D eigenvalue weighted by molar-refractivity contribution is 7.98. The molecule has 1 aliphatic rings. The number of hydrogen-bond donors (Lipinski definition) is 1. The number of nitriles is 1. The number of hydrogen-bond acceptors (Lipinski definition) is 4. The Morgan fingerprint density at radius 2 is 2.05 bits per heavy atom. The van der Waals surface area contributed by atoms with E-state index in [2.05, 4.69) is 40.6 Å². The van der Waals surface area contributed by atoms with E-state index in [1.165, 1.54) is 23.3 Å². The molecule has 1 heterocycles. The quantitative estimate of drug-likeness (QED) is 0.829. The molecule has 1 aromatic heterocycles. The Balaban J connectivity index is 1.56. The van der Waals surface area contributed by atoms with E-state index < -0.39 is 0 Å². The largest absolute Gasteiger partial charge is 0.310 e. The number of nitrogens with one attached hydrogen (secondary N) is 1. The maximum Gasteiger partial charge on any atom is 0.144 e. The van der Waals surface area contributed by atoms with Gasteiger partial charge in [-0.1, -0.05) is 18.2 Å². The van der Waals surface area contributed by atoms with Gasteiger partial charge in [0.2, 0.25) is 0 Å². The third kappa shape index (κ3) is 4.07. The van der Waals surface area contributed by atoms with Gasteiger partial charge in [-0.15, -0.1) is 11.8 Å². The first kappa shape index (κ1) is 14.1. The number of aromatic nitrogens is 1. The smallest absolute Gasteiger partial charge is 0.144 e. The number of thioether (sulfide) groups is 1. The highest BCUT2D eigenvalue weighted by Gasteiger charge is 2.19. The highest BCUT2D eigenvalue weighted by Crippen LogP contribution is 2.24. The van der Waals surface area contributed by atoms with Gasteiger partial charge in [-0.2, -0.15) is 5.26 Å². The molecule has 106 valence electrons. The van der Waals surface area contributed by atoms with Crippen molar-refractivity contribution in [1.82, 2.24) is 10.3 Å². The first-order valence-electron chi connectivity index (χ1n) is 7.14. The molecule has 21 heavy (non-hydrogen) atoms. The topological polar surface area (TPSA) is 48.7 Å². The predicted molar refractivity (Wildman–Crippen MR) is 84.8 cm³/mol. The second kappa shape index (κ2) is 6.75. The molecule has 3 rings (SSSR count). The van der Waals surface area contributed by atoms with Crippen LogP contribution in [0.1, 0.15) is 29.7 Å². The summed E-state index contributed by atoms with van der Waals surface area (Å²) >= 11 is 1.74. The zero-order chi connectivity index (χ0) is 14.5. The van der Waals surface area contributed by atoms with Gasteiger partial charge < -0.3 is 5.32 Å². The molecule has 2 aromatic rings. The van der Waals surface area contributed by atoms with Crippen LogP contribution in [0.5, 0.6) is 0 Å². The van der Waals surface area contributed by atoms with Gasteiger partial charge >= 0.3 is 0 Å². The van der Waals surface area contributed by atoms with Crippen LogP contribution in [-0.2, 0) is 12.3 Å². The van der Waals surface area contributed by atoms with Crippen molar-refractivity contribution in [2.75, 3.05) is 0 Å². The lowest BCUT2D eigenvalue weighted by molar-refractivity contribution is 0.687. The summed E-state index contributed by atoms with van der Waals surface area (Å²) in [6.07, 6.45) is 4.30. The molecular weight excluding hydrogens is 278 g/mol. The van der Waals surface area contributed by atoms with Crippen molar-refractivity contribution < 1.29 is 0 Å². The average Bonchev–Trinajstić information content (AvgIpc) is 3.36. The van der Waals surface area contributed by atoms with Gasteiger partial charge in [-0.3, -0.25) is 0 Å². The second-order valence-electron chi connectivity index (χ2n) is 5.21. The van der Waals surface area contributed by atoms with Crippen LogP contribution in [-0.4, -0.2) is 11.0 Å². The third-order valence-electron chi connectivity index (χ3n) is 3.49. The molecule has 0 aliphatic heterocycles. The zero-order valence-electron chi connectivity index (χ0n) is 11.7. The lowest BCUT2D eigenvalue weighted by Gasteiger charge is -2.06. The van der Waals surface area contributed by atoms with Gasteiger partial charge in [-0.25, -0.2) is 4.98 Å². The van der Waals surface area contributed by atoms with Crippen molar-refractivity contribution in [1.29, 1.82) is 5.26 Å². The van der Waals surface area contributed by atoms with Crippen molar-refractivity contribution in [3.8, 4) is 6.07 Å². The van der Waals surface area contributed by atoms with Crippen LogP contribution in [0.4, 0.5) is 0 Å². The predicted octanol–water partition coefficient (Wildman–Crippen LogP) is 3.50. The molecule has 0 atom stereocenters. The molecule has 3 nitrogen and oxygen atoms in total. The lowest BCUT2D eigenvalue weighted by Crippen LogP contribution is -2.14. The summed E-state index contributed by atoms with van der Waals surface area (Å²) in [6.45, 7) is 0.955. The Morgan fingerprint density at radius 3 is 2.76 bits per heavy atom. The Hall–Kier alpha value is -1.83. The fourth-order valence-electron chi connectivity index (χ4n) is 2.07. The van der Waals surface area contributed by atoms with E-state index >= 15 is 0 Å². The van der Waals surface area contributed by atoms with Crippen LogP contribution in [0.25, 0.3) is 0 Å². The molecule has 0 saturated heterocycles. The standard InChI is InChI=1S/C17H17N3S/c18-10-17-14(2-1-9-19-17)12-21-16-7-3-13(4-8-16)11-20-15-5-6-15/h1-4,7-9,15,20H,5-6,11-12H2. The van der Waals surface area contributed by atoms with Gasteiger partial charge in [0.05, 0.1) is 0 Å². The second-order valence-corrected chi connectivity index (χ2v) is 6.26. The SMILES string of the molecule is N#Cc1ncccc1CSc1ccc(CNC2CC2)cc1. The maximum absolute atomic E-state index is 9.03. The van der Waals surface area contributed by atoms with E-state index in [9.17, 15) is 0 Å². The van der Waals surface area contributed by atoms with Crippen molar-refractivity contribution >= 4 is 11.8 Å². The van der Waals surface area contributed by atoms with Crippen molar-refractivity contribution in [3.05, 3.63) is 59.4 Å². The fourth-order valence-corrected chi connectivity index (χ4v) is 2.95. The lowest BCUT2D eigenvalue weighted by atomic mass is 10.2. The van der Waals surface area contributed by atoms with Gasteiger partial charge in [-0.05, 0) is 42.2 Å². The van der Waals surface area contributed by atoms with Crippen LogP contribution >= 0.6 is 11.8 Å². The van der Waals surface area contributed by atoms with Crippen LogP contribution in [0.2, 0.25) is 0 Å². The van der Waals surface area contributed by atoms with E-state index in [-0.39, 0.29) is 0 Å². The number of nitrogens with zero attached hydrogens (tertiary/aromatic N) is 2. The average molecular weight is 295 g/mol. The first-order valence-corrected chi connectivity index (χ1v) is 8.13. The van der Waals surface area contributed by atoms with Crippen LogP contribution in [0, 0.1) is 11.3 Å². The Kier molecular flexibility index (Phi) is 4.54. The number of pyridine rings is 1. The summed E-state index contributed by atoms with van der Waals surface area (Å²) in [4.78, 5) is 5.31. The molecule has 1 aromatic carbocycles. The molecule has 1 aliphatic carbocycles. The van der Waals surface area contributed by atoms with Crippen molar-refractivity contribution in [2.24, 2.45) is 0 Å². The molecule has 0 amide bonds. The molecule has 0 bridgehead atoms. The minimum absolute atomic E-state index is 0.523. The highest BCUT2D eigenvalue weighted by atomic mass is 32.2. The monoisotopic (exact) mass is 295 g/mol. The van der Waals surface area contributed by atoms with Crippen LogP contribution in [0.15, 0.2) is 47.5 Å². The molecule has 1 saturated carbocycles. The van der Waals surface area contributed by atoms with E-state index in [0.29, 0.717) is 5.69 Å². The molecular formula is C17H17N3S.